The fourth-order valence-electron chi connectivity index (χ4n) is 2.98. The monoisotopic (exact) mass is 308 g/mol. The van der Waals surface area contributed by atoms with E-state index in [-0.39, 0.29) is 17.9 Å². The van der Waals surface area contributed by atoms with Crippen LogP contribution in [-0.4, -0.2) is 18.4 Å². The van der Waals surface area contributed by atoms with Crippen molar-refractivity contribution in [1.82, 2.24) is 5.32 Å². The summed E-state index contributed by atoms with van der Waals surface area (Å²) >= 11 is 0. The average Bonchev–Trinajstić information content (AvgIpc) is 2.89. The summed E-state index contributed by atoms with van der Waals surface area (Å²) in [6.45, 7) is 4.57. The first-order valence-electron chi connectivity index (χ1n) is 7.89. The minimum Gasteiger partial charge on any atom is -0.346 e. The van der Waals surface area contributed by atoms with Crippen molar-refractivity contribution in [1.29, 1.82) is 0 Å². The number of likely N-dealkylation sites (N-methyl/N-ethyl adjacent to an activating group) is 1. The Morgan fingerprint density at radius 1 is 1.22 bits per heavy atom. The quantitative estimate of drug-likeness (QED) is 0.943. The molecule has 0 spiro atoms. The summed E-state index contributed by atoms with van der Waals surface area (Å²) in [4.78, 5) is 26.1. The van der Waals surface area contributed by atoms with Gasteiger partial charge in [0, 0.05) is 17.8 Å². The van der Waals surface area contributed by atoms with E-state index in [4.69, 9.17) is 0 Å². The lowest BCUT2D eigenvalue weighted by atomic mass is 10.1. The molecule has 0 bridgehead atoms. The van der Waals surface area contributed by atoms with Crippen molar-refractivity contribution in [3.63, 3.8) is 0 Å². The fraction of sp³-hybridized carbons (Fsp3) is 0.263. The second-order valence-corrected chi connectivity index (χ2v) is 5.76. The predicted molar refractivity (Wildman–Crippen MR) is 90.5 cm³/mol. The van der Waals surface area contributed by atoms with Crippen LogP contribution >= 0.6 is 0 Å². The van der Waals surface area contributed by atoms with Crippen LogP contribution in [0.15, 0.2) is 48.5 Å². The molecule has 0 fully saturated rings. The Bertz CT molecular complexity index is 740. The van der Waals surface area contributed by atoms with Gasteiger partial charge >= 0.3 is 0 Å². The molecule has 1 aliphatic rings. The standard InChI is InChI=1S/C19H20N2O2/c1-3-21-17-10-9-15(11-16(17)12-18(21)22)19(23)20-13(2)14-7-5-4-6-8-14/h4-11,13H,3,12H2,1-2H3,(H,20,23). The van der Waals surface area contributed by atoms with E-state index >= 15 is 0 Å². The molecule has 0 aliphatic carbocycles. The van der Waals surface area contributed by atoms with Gasteiger partial charge in [-0.15, -0.1) is 0 Å². The normalized spacial score (nSPS) is 14.5. The third-order valence-electron chi connectivity index (χ3n) is 4.24. The van der Waals surface area contributed by atoms with Crippen LogP contribution in [-0.2, 0) is 11.2 Å². The molecule has 2 aromatic carbocycles. The zero-order valence-corrected chi connectivity index (χ0v) is 13.4. The van der Waals surface area contributed by atoms with E-state index in [1.54, 1.807) is 11.0 Å². The Morgan fingerprint density at radius 3 is 2.65 bits per heavy atom. The molecule has 2 amide bonds. The van der Waals surface area contributed by atoms with Crippen LogP contribution in [0.25, 0.3) is 0 Å². The van der Waals surface area contributed by atoms with Crippen molar-refractivity contribution in [2.45, 2.75) is 26.3 Å². The molecule has 1 aliphatic heterocycles. The van der Waals surface area contributed by atoms with E-state index < -0.39 is 0 Å². The zero-order valence-electron chi connectivity index (χ0n) is 13.4. The largest absolute Gasteiger partial charge is 0.346 e. The van der Waals surface area contributed by atoms with Gasteiger partial charge in [0.2, 0.25) is 5.91 Å². The van der Waals surface area contributed by atoms with Crippen LogP contribution in [0.1, 0.15) is 41.4 Å². The van der Waals surface area contributed by atoms with Crippen molar-refractivity contribution >= 4 is 17.5 Å². The Balaban J connectivity index is 1.77. The van der Waals surface area contributed by atoms with E-state index in [2.05, 4.69) is 5.32 Å². The summed E-state index contributed by atoms with van der Waals surface area (Å²) in [5, 5.41) is 3.00. The van der Waals surface area contributed by atoms with Crippen LogP contribution < -0.4 is 10.2 Å². The maximum Gasteiger partial charge on any atom is 0.251 e. The summed E-state index contributed by atoms with van der Waals surface area (Å²) in [5.41, 5.74) is 3.51. The Labute approximate surface area is 136 Å². The maximum atomic E-state index is 12.5. The lowest BCUT2D eigenvalue weighted by Gasteiger charge is -2.16. The Hall–Kier alpha value is -2.62. The molecular weight excluding hydrogens is 288 g/mol. The minimum atomic E-state index is -0.119. The van der Waals surface area contributed by atoms with Crippen LogP contribution in [0.4, 0.5) is 5.69 Å². The minimum absolute atomic E-state index is 0.0641. The SMILES string of the molecule is CCN1C(=O)Cc2cc(C(=O)NC(C)c3ccccc3)ccc21. The lowest BCUT2D eigenvalue weighted by Crippen LogP contribution is -2.27. The van der Waals surface area contributed by atoms with E-state index in [0.717, 1.165) is 16.8 Å². The van der Waals surface area contributed by atoms with Crippen LogP contribution in [0.3, 0.4) is 0 Å². The average molecular weight is 308 g/mol. The van der Waals surface area contributed by atoms with Crippen molar-refractivity contribution in [3.05, 3.63) is 65.2 Å². The highest BCUT2D eigenvalue weighted by atomic mass is 16.2. The number of hydrogen-bond acceptors (Lipinski definition) is 2. The topological polar surface area (TPSA) is 49.4 Å². The van der Waals surface area contributed by atoms with Gasteiger partial charge in [-0.05, 0) is 43.2 Å². The summed E-state index contributed by atoms with van der Waals surface area (Å²) in [7, 11) is 0. The number of carbonyl (C=O) groups excluding carboxylic acids is 2. The van der Waals surface area contributed by atoms with Crippen LogP contribution in [0, 0.1) is 0 Å². The molecule has 0 saturated heterocycles. The zero-order chi connectivity index (χ0) is 16.4. The van der Waals surface area contributed by atoms with Gasteiger partial charge in [-0.3, -0.25) is 9.59 Å². The van der Waals surface area contributed by atoms with Gasteiger partial charge in [0.1, 0.15) is 0 Å². The molecule has 4 nitrogen and oxygen atoms in total. The third kappa shape index (κ3) is 2.97. The number of fused-ring (bicyclic) bond motifs is 1. The summed E-state index contributed by atoms with van der Waals surface area (Å²) in [6.07, 6.45) is 0.374. The van der Waals surface area contributed by atoms with Crippen molar-refractivity contribution < 1.29 is 9.59 Å². The van der Waals surface area contributed by atoms with Crippen molar-refractivity contribution in [2.24, 2.45) is 0 Å². The molecule has 0 aromatic heterocycles. The number of benzene rings is 2. The van der Waals surface area contributed by atoms with Gasteiger partial charge in [-0.25, -0.2) is 0 Å². The molecule has 1 unspecified atom stereocenters. The number of carbonyl (C=O) groups is 2. The molecule has 4 heteroatoms. The Kier molecular flexibility index (Phi) is 4.15. The molecule has 1 atom stereocenters. The van der Waals surface area contributed by atoms with E-state index in [9.17, 15) is 9.59 Å². The van der Waals surface area contributed by atoms with Gasteiger partial charge in [-0.1, -0.05) is 30.3 Å². The maximum absolute atomic E-state index is 12.5. The first-order chi connectivity index (χ1) is 11.1. The highest BCUT2D eigenvalue weighted by Crippen LogP contribution is 2.29. The smallest absolute Gasteiger partial charge is 0.251 e. The van der Waals surface area contributed by atoms with Gasteiger partial charge in [-0.2, -0.15) is 0 Å². The number of nitrogens with zero attached hydrogens (tertiary/aromatic N) is 1. The number of amides is 2. The molecule has 3 rings (SSSR count). The number of rotatable bonds is 4. The Morgan fingerprint density at radius 2 is 1.96 bits per heavy atom. The number of hydrogen-bond donors (Lipinski definition) is 1. The first kappa shape index (κ1) is 15.3. The fourth-order valence-corrected chi connectivity index (χ4v) is 2.98. The van der Waals surface area contributed by atoms with Crippen molar-refractivity contribution in [3.8, 4) is 0 Å². The van der Waals surface area contributed by atoms with Gasteiger partial charge in [0.15, 0.2) is 0 Å². The van der Waals surface area contributed by atoms with E-state index in [1.165, 1.54) is 0 Å². The molecule has 1 heterocycles. The van der Waals surface area contributed by atoms with E-state index in [1.807, 2.05) is 56.3 Å². The highest BCUT2D eigenvalue weighted by molar-refractivity contribution is 6.03. The lowest BCUT2D eigenvalue weighted by molar-refractivity contribution is -0.117. The second kappa shape index (κ2) is 6.24. The second-order valence-electron chi connectivity index (χ2n) is 5.76. The van der Waals surface area contributed by atoms with E-state index in [0.29, 0.717) is 18.5 Å². The molecular formula is C19H20N2O2. The summed E-state index contributed by atoms with van der Waals surface area (Å²) < 4.78 is 0. The first-order valence-corrected chi connectivity index (χ1v) is 7.89. The van der Waals surface area contributed by atoms with Crippen LogP contribution in [0.5, 0.6) is 0 Å². The summed E-state index contributed by atoms with van der Waals surface area (Å²) in [6, 6.07) is 15.3. The molecule has 1 N–H and O–H groups in total. The molecule has 0 saturated carbocycles. The summed E-state index contributed by atoms with van der Waals surface area (Å²) in [5.74, 6) is -0.0238. The number of nitrogens with one attached hydrogen (secondary N) is 1. The predicted octanol–water partition coefficient (Wildman–Crippen LogP) is 3.09. The van der Waals surface area contributed by atoms with Gasteiger partial charge in [0.05, 0.1) is 12.5 Å². The highest BCUT2D eigenvalue weighted by Gasteiger charge is 2.26. The molecule has 118 valence electrons. The molecule has 23 heavy (non-hydrogen) atoms. The van der Waals surface area contributed by atoms with Crippen LogP contribution in [0.2, 0.25) is 0 Å². The van der Waals surface area contributed by atoms with Crippen molar-refractivity contribution in [2.75, 3.05) is 11.4 Å². The number of anilines is 1. The molecule has 0 radical (unpaired) electrons. The molecule has 2 aromatic rings. The van der Waals surface area contributed by atoms with Gasteiger partial charge in [0.25, 0.3) is 5.91 Å². The third-order valence-corrected chi connectivity index (χ3v) is 4.24. The van der Waals surface area contributed by atoms with Gasteiger partial charge < -0.3 is 10.2 Å².